The fourth-order valence-electron chi connectivity index (χ4n) is 3.76. The number of aliphatic hydroxyl groups is 2. The Kier molecular flexibility index (Phi) is 6.19. The van der Waals surface area contributed by atoms with Crippen LogP contribution in [0, 0.1) is 0 Å². The molecule has 4 rings (SSSR count). The molecule has 186 valence electrons. The number of esters is 1. The van der Waals surface area contributed by atoms with Gasteiger partial charge in [-0.1, -0.05) is 0 Å². The molecule has 12 heteroatoms. The number of phenolic OH excluding ortho intramolecular Hbond substituents is 4. The summed E-state index contributed by atoms with van der Waals surface area (Å²) < 4.78 is 22.1. The van der Waals surface area contributed by atoms with Gasteiger partial charge in [-0.3, -0.25) is 9.59 Å². The molecule has 0 amide bonds. The normalized spacial score (nSPS) is 24.3. The third kappa shape index (κ3) is 4.41. The lowest BCUT2D eigenvalue weighted by atomic mass is 9.99. The first kappa shape index (κ1) is 24.1. The van der Waals surface area contributed by atoms with Crippen molar-refractivity contribution < 1.29 is 54.1 Å². The minimum absolute atomic E-state index is 0.0469. The highest BCUT2D eigenvalue weighted by Crippen LogP contribution is 2.39. The summed E-state index contributed by atoms with van der Waals surface area (Å²) in [7, 11) is 0. The van der Waals surface area contributed by atoms with Crippen molar-refractivity contribution in [3.8, 4) is 40.1 Å². The Morgan fingerprint density at radius 2 is 1.69 bits per heavy atom. The Morgan fingerprint density at radius 1 is 0.971 bits per heavy atom. The zero-order valence-corrected chi connectivity index (χ0v) is 18.4. The first-order valence-electron chi connectivity index (χ1n) is 10.4. The Labute approximate surface area is 196 Å². The molecule has 0 spiro atoms. The third-order valence-electron chi connectivity index (χ3n) is 5.48. The molecule has 1 saturated heterocycles. The van der Waals surface area contributed by atoms with Gasteiger partial charge in [0.15, 0.2) is 23.4 Å². The molecule has 1 fully saturated rings. The Morgan fingerprint density at radius 3 is 2.34 bits per heavy atom. The molecule has 35 heavy (non-hydrogen) atoms. The molecule has 0 saturated carbocycles. The molecular formula is C23H22O12. The van der Waals surface area contributed by atoms with Crippen molar-refractivity contribution in [1.29, 1.82) is 0 Å². The van der Waals surface area contributed by atoms with E-state index in [0.29, 0.717) is 0 Å². The van der Waals surface area contributed by atoms with Gasteiger partial charge in [0.1, 0.15) is 34.7 Å². The van der Waals surface area contributed by atoms with Gasteiger partial charge < -0.3 is 49.3 Å². The summed E-state index contributed by atoms with van der Waals surface area (Å²) in [5.41, 5.74) is -1.11. The van der Waals surface area contributed by atoms with Crippen LogP contribution in [0.1, 0.15) is 13.8 Å². The van der Waals surface area contributed by atoms with E-state index in [1.54, 1.807) is 0 Å². The molecule has 0 radical (unpaired) electrons. The second kappa shape index (κ2) is 8.98. The fraction of sp³-hybridized carbons (Fsp3) is 0.304. The largest absolute Gasteiger partial charge is 0.508 e. The molecule has 12 nitrogen and oxygen atoms in total. The number of aliphatic hydroxyl groups excluding tert-OH is 2. The minimum atomic E-state index is -1.63. The molecule has 1 aliphatic heterocycles. The first-order chi connectivity index (χ1) is 16.5. The van der Waals surface area contributed by atoms with Crippen LogP contribution in [0.25, 0.3) is 22.3 Å². The molecule has 1 aliphatic rings. The summed E-state index contributed by atoms with van der Waals surface area (Å²) in [5.74, 6) is -3.72. The predicted octanol–water partition coefficient (Wildman–Crippen LogP) is 1.06. The number of hydrogen-bond acceptors (Lipinski definition) is 12. The molecule has 0 bridgehead atoms. The lowest BCUT2D eigenvalue weighted by Gasteiger charge is -2.40. The number of benzene rings is 2. The van der Waals surface area contributed by atoms with E-state index in [9.17, 15) is 40.2 Å². The minimum Gasteiger partial charge on any atom is -0.508 e. The summed E-state index contributed by atoms with van der Waals surface area (Å²) in [4.78, 5) is 25.0. The van der Waals surface area contributed by atoms with Gasteiger partial charge >= 0.3 is 5.97 Å². The van der Waals surface area contributed by atoms with Crippen molar-refractivity contribution in [3.05, 3.63) is 40.6 Å². The van der Waals surface area contributed by atoms with Crippen LogP contribution >= 0.6 is 0 Å². The van der Waals surface area contributed by atoms with Crippen LogP contribution in [0.3, 0.4) is 0 Å². The van der Waals surface area contributed by atoms with Crippen LogP contribution < -0.4 is 10.2 Å². The molecular weight excluding hydrogens is 468 g/mol. The Bertz CT molecular complexity index is 1350. The van der Waals surface area contributed by atoms with Crippen molar-refractivity contribution >= 4 is 16.9 Å². The summed E-state index contributed by atoms with van der Waals surface area (Å²) in [5, 5.41) is 60.0. The van der Waals surface area contributed by atoms with Crippen LogP contribution in [0.2, 0.25) is 0 Å². The molecule has 6 N–H and O–H groups in total. The molecule has 2 aromatic carbocycles. The van der Waals surface area contributed by atoms with Crippen molar-refractivity contribution in [2.75, 3.05) is 0 Å². The topological polar surface area (TPSA) is 196 Å². The number of aromatic hydroxyl groups is 4. The van der Waals surface area contributed by atoms with Gasteiger partial charge in [-0.2, -0.15) is 0 Å². The van der Waals surface area contributed by atoms with Gasteiger partial charge in [0.05, 0.1) is 6.10 Å². The molecule has 2 heterocycles. The highest BCUT2D eigenvalue weighted by atomic mass is 16.7. The van der Waals surface area contributed by atoms with Crippen LogP contribution in [-0.4, -0.2) is 67.3 Å². The number of carbonyl (C=O) groups excluding carboxylic acids is 1. The molecule has 0 aliphatic carbocycles. The maximum atomic E-state index is 13.4. The van der Waals surface area contributed by atoms with Crippen LogP contribution in [0.15, 0.2) is 39.5 Å². The second-order valence-electron chi connectivity index (χ2n) is 8.01. The van der Waals surface area contributed by atoms with Gasteiger partial charge in [0, 0.05) is 24.6 Å². The number of carbonyl (C=O) groups is 1. The van der Waals surface area contributed by atoms with Gasteiger partial charge in [-0.05, 0) is 25.1 Å². The van der Waals surface area contributed by atoms with E-state index < -0.39 is 70.9 Å². The molecule has 1 aromatic heterocycles. The lowest BCUT2D eigenvalue weighted by Crippen LogP contribution is -2.59. The SMILES string of the molecule is CC(=O)O[C@H]1[C@@H](Oc2c(-c3ccc(O)c(O)c3)oc3cc(O)cc(O)c3c2=O)O[C@@H](C)[C@H](O)[C@H]1O. The van der Waals surface area contributed by atoms with Crippen molar-refractivity contribution in [1.82, 2.24) is 0 Å². The van der Waals surface area contributed by atoms with E-state index >= 15 is 0 Å². The van der Waals surface area contributed by atoms with Gasteiger partial charge in [-0.15, -0.1) is 0 Å². The van der Waals surface area contributed by atoms with Crippen molar-refractivity contribution in [2.24, 2.45) is 0 Å². The lowest BCUT2D eigenvalue weighted by molar-refractivity contribution is -0.273. The maximum absolute atomic E-state index is 13.4. The van der Waals surface area contributed by atoms with Crippen LogP contribution in [0.5, 0.6) is 28.7 Å². The van der Waals surface area contributed by atoms with E-state index in [1.807, 2.05) is 0 Å². The van der Waals surface area contributed by atoms with Gasteiger partial charge in [0.2, 0.25) is 17.5 Å². The van der Waals surface area contributed by atoms with Crippen molar-refractivity contribution in [2.45, 2.75) is 44.6 Å². The molecule has 3 aromatic rings. The summed E-state index contributed by atoms with van der Waals surface area (Å²) >= 11 is 0. The Hall–Kier alpha value is -4.00. The predicted molar refractivity (Wildman–Crippen MR) is 117 cm³/mol. The van der Waals surface area contributed by atoms with E-state index in [1.165, 1.54) is 13.0 Å². The smallest absolute Gasteiger partial charge is 0.303 e. The number of rotatable bonds is 4. The molecule has 5 atom stereocenters. The highest BCUT2D eigenvalue weighted by molar-refractivity contribution is 5.88. The fourth-order valence-corrected chi connectivity index (χ4v) is 3.76. The summed E-state index contributed by atoms with van der Waals surface area (Å²) in [6.45, 7) is 2.48. The van der Waals surface area contributed by atoms with Crippen LogP contribution in [-0.2, 0) is 14.3 Å². The average molecular weight is 490 g/mol. The number of ether oxygens (including phenoxy) is 3. The zero-order chi connectivity index (χ0) is 25.6. The number of hydrogen-bond donors (Lipinski definition) is 6. The van der Waals surface area contributed by atoms with Gasteiger partial charge in [-0.25, -0.2) is 0 Å². The van der Waals surface area contributed by atoms with E-state index in [0.717, 1.165) is 31.2 Å². The second-order valence-corrected chi connectivity index (χ2v) is 8.01. The van der Waals surface area contributed by atoms with E-state index in [2.05, 4.69) is 0 Å². The van der Waals surface area contributed by atoms with Crippen molar-refractivity contribution in [3.63, 3.8) is 0 Å². The number of fused-ring (bicyclic) bond motifs is 1. The van der Waals surface area contributed by atoms with Crippen LogP contribution in [0.4, 0.5) is 0 Å². The zero-order valence-electron chi connectivity index (χ0n) is 18.4. The van der Waals surface area contributed by atoms with Gasteiger partial charge in [0.25, 0.3) is 0 Å². The van der Waals surface area contributed by atoms with E-state index in [-0.39, 0.29) is 22.3 Å². The summed E-state index contributed by atoms with van der Waals surface area (Å²) in [6.07, 6.45) is -7.22. The first-order valence-corrected chi connectivity index (χ1v) is 10.4. The Balaban J connectivity index is 1.92. The standard InChI is InChI=1S/C23H22O12/c1-8-17(29)19(31)22(33-9(2)24)23(32-8)35-21-18(30)16-14(28)6-11(25)7-15(16)34-20(21)10-3-4-12(26)13(27)5-10/h3-8,17,19,22-23,25-29,31H,1-2H3/t8-,17-,19+,22+,23+/m0/s1. The molecule has 0 unspecified atom stereocenters. The average Bonchev–Trinajstić information content (AvgIpc) is 2.77. The monoisotopic (exact) mass is 490 g/mol. The number of phenols is 4. The third-order valence-corrected chi connectivity index (χ3v) is 5.48. The summed E-state index contributed by atoms with van der Waals surface area (Å²) in [6, 6.07) is 5.48. The quantitative estimate of drug-likeness (QED) is 0.225. The van der Waals surface area contributed by atoms with E-state index in [4.69, 9.17) is 18.6 Å². The highest BCUT2D eigenvalue weighted by Gasteiger charge is 2.47. The maximum Gasteiger partial charge on any atom is 0.303 e.